The van der Waals surface area contributed by atoms with Crippen molar-refractivity contribution in [1.82, 2.24) is 4.90 Å². The molecule has 0 N–H and O–H groups in total. The van der Waals surface area contributed by atoms with Gasteiger partial charge in [0.1, 0.15) is 18.1 Å². The highest BCUT2D eigenvalue weighted by Crippen LogP contribution is 2.43. The van der Waals surface area contributed by atoms with Gasteiger partial charge in [-0.3, -0.25) is 9.69 Å². The maximum atomic E-state index is 13.9. The average molecular weight is 478 g/mol. The maximum absolute atomic E-state index is 13.9. The van der Waals surface area contributed by atoms with E-state index in [1.54, 1.807) is 18.4 Å². The van der Waals surface area contributed by atoms with E-state index in [2.05, 4.69) is 17.0 Å². The van der Waals surface area contributed by atoms with Crippen molar-refractivity contribution in [2.45, 2.75) is 57.3 Å². The van der Waals surface area contributed by atoms with Gasteiger partial charge in [-0.15, -0.1) is 11.3 Å². The van der Waals surface area contributed by atoms with E-state index >= 15 is 0 Å². The first-order chi connectivity index (χ1) is 16.7. The Morgan fingerprint density at radius 3 is 2.35 bits per heavy atom. The van der Waals surface area contributed by atoms with Crippen molar-refractivity contribution < 1.29 is 14.3 Å². The fourth-order valence-corrected chi connectivity index (χ4v) is 6.83. The van der Waals surface area contributed by atoms with E-state index in [-0.39, 0.29) is 5.78 Å². The van der Waals surface area contributed by atoms with Gasteiger partial charge >= 0.3 is 0 Å². The third-order valence-corrected chi connectivity index (χ3v) is 8.68. The smallest absolute Gasteiger partial charge is 0.194 e. The highest BCUT2D eigenvalue weighted by atomic mass is 32.1. The molecule has 4 nitrogen and oxygen atoms in total. The number of benzene rings is 2. The predicted molar refractivity (Wildman–Crippen MR) is 140 cm³/mol. The number of hydrogen-bond acceptors (Lipinski definition) is 5. The summed E-state index contributed by atoms with van der Waals surface area (Å²) in [6.07, 6.45) is 10.0. The van der Waals surface area contributed by atoms with Crippen LogP contribution in [-0.2, 0) is 0 Å². The molecule has 1 aliphatic heterocycles. The van der Waals surface area contributed by atoms with E-state index in [1.807, 2.05) is 30.3 Å². The zero-order valence-corrected chi connectivity index (χ0v) is 21.0. The summed E-state index contributed by atoms with van der Waals surface area (Å²) in [6, 6.07) is 13.9. The second-order valence-corrected chi connectivity index (χ2v) is 10.7. The summed E-state index contributed by atoms with van der Waals surface area (Å²) in [6.45, 7) is 4.02. The minimum atomic E-state index is 0.124. The molecule has 3 aromatic rings. The second-order valence-electron chi connectivity index (χ2n) is 9.64. The quantitative estimate of drug-likeness (QED) is 0.257. The monoisotopic (exact) mass is 477 g/mol. The molecule has 0 bridgehead atoms. The number of hydrogen-bond donors (Lipinski definition) is 0. The number of carbonyl (C=O) groups is 1. The van der Waals surface area contributed by atoms with Crippen molar-refractivity contribution >= 4 is 27.2 Å². The Labute approximate surface area is 206 Å². The molecule has 1 saturated carbocycles. The molecule has 0 spiro atoms. The van der Waals surface area contributed by atoms with Gasteiger partial charge in [-0.2, -0.15) is 0 Å². The van der Waals surface area contributed by atoms with Crippen LogP contribution in [0, 0.1) is 0 Å². The van der Waals surface area contributed by atoms with Crippen LogP contribution in [0.25, 0.3) is 10.1 Å². The lowest BCUT2D eigenvalue weighted by molar-refractivity contribution is 0.103. The number of fused-ring (bicyclic) bond motifs is 1. The predicted octanol–water partition coefficient (Wildman–Crippen LogP) is 7.05. The molecule has 2 fully saturated rings. The summed E-state index contributed by atoms with van der Waals surface area (Å²) >= 11 is 1.79. The molecule has 2 heterocycles. The summed E-state index contributed by atoms with van der Waals surface area (Å²) in [7, 11) is 1.70. The van der Waals surface area contributed by atoms with Gasteiger partial charge in [0, 0.05) is 32.6 Å². The lowest BCUT2D eigenvalue weighted by Gasteiger charge is -2.15. The Hall–Kier alpha value is -2.37. The van der Waals surface area contributed by atoms with Crippen molar-refractivity contribution in [2.75, 3.05) is 33.4 Å². The molecule has 180 valence electrons. The molecule has 0 amide bonds. The molecule has 0 radical (unpaired) electrons. The standard InChI is InChI=1S/C29H35NO3S/c1-32-24-14-15-25-26(20-24)34-29(22-8-4-2-3-5-9-22)27(25)28(31)21-10-12-23(13-11-21)33-19-18-30-16-6-7-17-30/h10-15,20,22H,2-9,16-19H2,1H3. The van der Waals surface area contributed by atoms with Crippen molar-refractivity contribution in [3.63, 3.8) is 0 Å². The number of methoxy groups -OCH3 is 1. The zero-order valence-electron chi connectivity index (χ0n) is 20.2. The molecule has 5 heteroatoms. The largest absolute Gasteiger partial charge is 0.497 e. The third-order valence-electron chi connectivity index (χ3n) is 7.37. The van der Waals surface area contributed by atoms with E-state index in [4.69, 9.17) is 9.47 Å². The Morgan fingerprint density at radius 2 is 1.65 bits per heavy atom. The molecule has 34 heavy (non-hydrogen) atoms. The molecule has 5 rings (SSSR count). The SMILES string of the molecule is COc1ccc2c(C(=O)c3ccc(OCCN4CCCC4)cc3)c(C3CCCCCC3)sc2c1. The lowest BCUT2D eigenvalue weighted by atomic mass is 9.91. The molecule has 1 aliphatic carbocycles. The number of likely N-dealkylation sites (tertiary alicyclic amines) is 1. The highest BCUT2D eigenvalue weighted by molar-refractivity contribution is 7.19. The number of ether oxygens (including phenoxy) is 2. The summed E-state index contributed by atoms with van der Waals surface area (Å²) in [5.74, 6) is 2.27. The first kappa shape index (κ1) is 23.4. The molecular weight excluding hydrogens is 442 g/mol. The molecule has 2 aromatic carbocycles. The van der Waals surface area contributed by atoms with Crippen LogP contribution in [0.2, 0.25) is 0 Å². The van der Waals surface area contributed by atoms with Crippen LogP contribution in [0.15, 0.2) is 42.5 Å². The van der Waals surface area contributed by atoms with Crippen LogP contribution in [0.5, 0.6) is 11.5 Å². The Morgan fingerprint density at radius 1 is 0.941 bits per heavy atom. The number of thiophene rings is 1. The number of nitrogens with zero attached hydrogens (tertiary/aromatic N) is 1. The summed E-state index contributed by atoms with van der Waals surface area (Å²) < 4.78 is 12.6. The van der Waals surface area contributed by atoms with Crippen LogP contribution in [0.1, 0.15) is 78.1 Å². The van der Waals surface area contributed by atoms with E-state index in [1.165, 1.54) is 69.3 Å². The topological polar surface area (TPSA) is 38.8 Å². The van der Waals surface area contributed by atoms with Gasteiger partial charge in [0.25, 0.3) is 0 Å². The van der Waals surface area contributed by atoms with Crippen molar-refractivity contribution in [3.05, 3.63) is 58.5 Å². The summed E-state index contributed by atoms with van der Waals surface area (Å²) in [5.41, 5.74) is 1.63. The van der Waals surface area contributed by atoms with Gasteiger partial charge in [-0.25, -0.2) is 0 Å². The van der Waals surface area contributed by atoms with Crippen LogP contribution in [0.3, 0.4) is 0 Å². The van der Waals surface area contributed by atoms with Crippen LogP contribution >= 0.6 is 11.3 Å². The Bertz CT molecular complexity index is 1110. The molecule has 0 atom stereocenters. The van der Waals surface area contributed by atoms with Gasteiger partial charge in [0.2, 0.25) is 0 Å². The van der Waals surface area contributed by atoms with Crippen molar-refractivity contribution in [1.29, 1.82) is 0 Å². The van der Waals surface area contributed by atoms with Gasteiger partial charge < -0.3 is 9.47 Å². The Balaban J connectivity index is 1.39. The fraction of sp³-hybridized carbons (Fsp3) is 0.483. The van der Waals surface area contributed by atoms with Crippen molar-refractivity contribution in [2.24, 2.45) is 0 Å². The fourth-order valence-electron chi connectivity index (χ4n) is 5.43. The van der Waals surface area contributed by atoms with Gasteiger partial charge in [0.05, 0.1) is 7.11 Å². The Kier molecular flexibility index (Phi) is 7.51. The first-order valence-corrected chi connectivity index (χ1v) is 13.6. The highest BCUT2D eigenvalue weighted by Gasteiger charge is 2.26. The maximum Gasteiger partial charge on any atom is 0.194 e. The molecule has 1 aromatic heterocycles. The minimum Gasteiger partial charge on any atom is -0.497 e. The van der Waals surface area contributed by atoms with E-state index in [0.717, 1.165) is 39.3 Å². The summed E-state index contributed by atoms with van der Waals surface area (Å²) in [5, 5.41) is 1.06. The lowest BCUT2D eigenvalue weighted by Crippen LogP contribution is -2.25. The second kappa shape index (κ2) is 10.9. The van der Waals surface area contributed by atoms with Gasteiger partial charge in [-0.1, -0.05) is 25.7 Å². The molecular formula is C29H35NO3S. The van der Waals surface area contributed by atoms with Crippen molar-refractivity contribution in [3.8, 4) is 11.5 Å². The number of carbonyl (C=O) groups excluding carboxylic acids is 1. The molecule has 1 saturated heterocycles. The summed E-state index contributed by atoms with van der Waals surface area (Å²) in [4.78, 5) is 17.6. The zero-order chi connectivity index (χ0) is 23.3. The number of rotatable bonds is 8. The first-order valence-electron chi connectivity index (χ1n) is 12.8. The van der Waals surface area contributed by atoms with E-state index in [9.17, 15) is 4.79 Å². The number of ketones is 1. The van der Waals surface area contributed by atoms with Crippen LogP contribution in [0.4, 0.5) is 0 Å². The van der Waals surface area contributed by atoms with Crippen LogP contribution < -0.4 is 9.47 Å². The van der Waals surface area contributed by atoms with Gasteiger partial charge in [0.15, 0.2) is 5.78 Å². The van der Waals surface area contributed by atoms with Gasteiger partial charge in [-0.05, 0) is 87.2 Å². The minimum absolute atomic E-state index is 0.124. The normalized spacial score (nSPS) is 17.7. The van der Waals surface area contributed by atoms with E-state index < -0.39 is 0 Å². The van der Waals surface area contributed by atoms with Crippen LogP contribution in [-0.4, -0.2) is 44.0 Å². The molecule has 2 aliphatic rings. The van der Waals surface area contributed by atoms with E-state index in [0.29, 0.717) is 12.5 Å². The molecule has 0 unspecified atom stereocenters. The third kappa shape index (κ3) is 5.16. The average Bonchev–Trinajstić information content (AvgIpc) is 3.43.